The van der Waals surface area contributed by atoms with E-state index in [-0.39, 0.29) is 12.3 Å². The van der Waals surface area contributed by atoms with Crippen molar-refractivity contribution in [1.29, 1.82) is 0 Å². The second-order valence-electron chi connectivity index (χ2n) is 8.22. The molecule has 31 heavy (non-hydrogen) atoms. The van der Waals surface area contributed by atoms with Crippen molar-refractivity contribution >= 4 is 21.6 Å². The van der Waals surface area contributed by atoms with Gasteiger partial charge in [-0.25, -0.2) is 12.7 Å². The Balaban J connectivity index is 1.76. The fourth-order valence-corrected chi connectivity index (χ4v) is 5.76. The van der Waals surface area contributed by atoms with Gasteiger partial charge >= 0.3 is 0 Å². The highest BCUT2D eigenvalue weighted by Crippen LogP contribution is 2.38. The van der Waals surface area contributed by atoms with Crippen LogP contribution >= 0.6 is 0 Å². The van der Waals surface area contributed by atoms with E-state index in [4.69, 9.17) is 9.47 Å². The maximum atomic E-state index is 13.3. The van der Waals surface area contributed by atoms with Gasteiger partial charge in [-0.3, -0.25) is 9.79 Å². The second kappa shape index (κ2) is 9.09. The summed E-state index contributed by atoms with van der Waals surface area (Å²) in [5, 5.41) is -1.09. The molecule has 0 spiro atoms. The van der Waals surface area contributed by atoms with Crippen molar-refractivity contribution in [3.8, 4) is 11.5 Å². The first-order chi connectivity index (χ1) is 14.7. The normalized spacial score (nSPS) is 19.6. The first-order valence-corrected chi connectivity index (χ1v) is 11.6. The summed E-state index contributed by atoms with van der Waals surface area (Å²) in [7, 11) is -2.32. The minimum atomic E-state index is -3.92. The molecular formula is C23H28N2O5S. The summed E-state index contributed by atoms with van der Waals surface area (Å²) in [6, 6.07) is 16.0. The Bertz CT molecular complexity index is 1040. The largest absolute Gasteiger partial charge is 0.497 e. The van der Waals surface area contributed by atoms with Crippen LogP contribution < -0.4 is 9.47 Å². The molecule has 1 saturated heterocycles. The molecule has 1 unspecified atom stereocenters. The lowest BCUT2D eigenvalue weighted by Crippen LogP contribution is -2.45. The molecule has 0 aliphatic carbocycles. The number of methoxy groups -OCH3 is 1. The molecule has 1 aliphatic heterocycles. The van der Waals surface area contributed by atoms with Crippen LogP contribution in [0.25, 0.3) is 0 Å². The van der Waals surface area contributed by atoms with E-state index in [2.05, 4.69) is 4.99 Å². The summed E-state index contributed by atoms with van der Waals surface area (Å²) >= 11 is 0. The zero-order valence-electron chi connectivity index (χ0n) is 18.2. The van der Waals surface area contributed by atoms with Crippen LogP contribution in [0.3, 0.4) is 0 Å². The van der Waals surface area contributed by atoms with Gasteiger partial charge in [-0.15, -0.1) is 0 Å². The fraction of sp³-hybridized carbons (Fsp3) is 0.391. The summed E-state index contributed by atoms with van der Waals surface area (Å²) in [6.45, 7) is 5.79. The smallest absolute Gasteiger partial charge is 0.283 e. The molecule has 1 heterocycles. The standard InChI is InChI=1S/C23H28N2O5S/c1-23(2,3)25-22(26)20(21(31(25,27)28)17-9-6-5-7-10-17)24-15-8-16-30-19-13-11-18(29-4)12-14-19/h5-7,9-14,21H,8,15-16H2,1-4H3. The average Bonchev–Trinajstić information content (AvgIpc) is 2.93. The van der Waals surface area contributed by atoms with Crippen molar-refractivity contribution in [2.75, 3.05) is 20.3 Å². The van der Waals surface area contributed by atoms with E-state index in [1.165, 1.54) is 0 Å². The minimum Gasteiger partial charge on any atom is -0.497 e. The summed E-state index contributed by atoms with van der Waals surface area (Å²) in [5.74, 6) is 0.890. The Labute approximate surface area is 183 Å². The van der Waals surface area contributed by atoms with Crippen LogP contribution in [0.4, 0.5) is 0 Å². The van der Waals surface area contributed by atoms with Crippen molar-refractivity contribution in [2.24, 2.45) is 4.99 Å². The molecule has 7 nitrogen and oxygen atoms in total. The molecule has 0 N–H and O–H groups in total. The van der Waals surface area contributed by atoms with Crippen molar-refractivity contribution in [2.45, 2.75) is 38.0 Å². The molecule has 0 bridgehead atoms. The molecule has 8 heteroatoms. The molecule has 0 aromatic heterocycles. The number of sulfonamides is 1. The molecule has 1 aliphatic rings. The van der Waals surface area contributed by atoms with E-state index >= 15 is 0 Å². The fourth-order valence-electron chi connectivity index (χ4n) is 3.50. The Kier molecular flexibility index (Phi) is 6.69. The van der Waals surface area contributed by atoms with Gasteiger partial charge in [0.05, 0.1) is 19.3 Å². The highest BCUT2D eigenvalue weighted by atomic mass is 32.2. The number of hydrogen-bond acceptors (Lipinski definition) is 6. The van der Waals surface area contributed by atoms with Gasteiger partial charge in [-0.2, -0.15) is 0 Å². The van der Waals surface area contributed by atoms with E-state index < -0.39 is 26.7 Å². The van der Waals surface area contributed by atoms with Crippen LogP contribution in [0.15, 0.2) is 59.6 Å². The lowest BCUT2D eigenvalue weighted by atomic mass is 10.1. The Hall–Kier alpha value is -2.87. The third-order valence-corrected chi connectivity index (χ3v) is 7.14. The highest BCUT2D eigenvalue weighted by molar-refractivity contribution is 7.91. The molecule has 166 valence electrons. The van der Waals surface area contributed by atoms with E-state index in [0.717, 1.165) is 10.1 Å². The van der Waals surface area contributed by atoms with Crippen LogP contribution in [-0.4, -0.2) is 50.1 Å². The van der Waals surface area contributed by atoms with E-state index in [1.807, 2.05) is 30.3 Å². The van der Waals surface area contributed by atoms with Crippen LogP contribution in [-0.2, 0) is 14.8 Å². The van der Waals surface area contributed by atoms with Gasteiger partial charge < -0.3 is 9.47 Å². The molecule has 0 saturated carbocycles. The number of aliphatic imine (C=N–C) groups is 1. The Morgan fingerprint density at radius 2 is 1.61 bits per heavy atom. The molecule has 1 atom stereocenters. The number of hydrogen-bond donors (Lipinski definition) is 0. The second-order valence-corrected chi connectivity index (χ2v) is 10.1. The van der Waals surface area contributed by atoms with Gasteiger partial charge in [0, 0.05) is 13.0 Å². The maximum absolute atomic E-state index is 13.3. The molecule has 1 amide bonds. The average molecular weight is 445 g/mol. The number of nitrogens with zero attached hydrogens (tertiary/aromatic N) is 2. The predicted octanol–water partition coefficient (Wildman–Crippen LogP) is 3.62. The first-order valence-electron chi connectivity index (χ1n) is 10.1. The molecule has 3 rings (SSSR count). The van der Waals surface area contributed by atoms with Gasteiger partial charge in [-0.05, 0) is 50.6 Å². The molecule has 2 aromatic rings. The summed E-state index contributed by atoms with van der Waals surface area (Å²) in [6.07, 6.45) is 0.542. The van der Waals surface area contributed by atoms with E-state index in [0.29, 0.717) is 24.3 Å². The monoisotopic (exact) mass is 444 g/mol. The summed E-state index contributed by atoms with van der Waals surface area (Å²) < 4.78 is 38.3. The van der Waals surface area contributed by atoms with Gasteiger partial charge in [0.25, 0.3) is 15.9 Å². The highest BCUT2D eigenvalue weighted by Gasteiger charge is 2.54. The van der Waals surface area contributed by atoms with Crippen LogP contribution in [0.2, 0.25) is 0 Å². The van der Waals surface area contributed by atoms with Gasteiger partial charge in [0.2, 0.25) is 0 Å². The Morgan fingerprint density at radius 3 is 2.19 bits per heavy atom. The van der Waals surface area contributed by atoms with Crippen LogP contribution in [0.5, 0.6) is 11.5 Å². The van der Waals surface area contributed by atoms with Crippen molar-refractivity contribution in [3.63, 3.8) is 0 Å². The van der Waals surface area contributed by atoms with Gasteiger partial charge in [-0.1, -0.05) is 30.3 Å². The molecule has 0 radical (unpaired) electrons. The summed E-state index contributed by atoms with van der Waals surface area (Å²) in [4.78, 5) is 17.5. The molecular weight excluding hydrogens is 416 g/mol. The Morgan fingerprint density at radius 1 is 1.00 bits per heavy atom. The van der Waals surface area contributed by atoms with E-state index in [9.17, 15) is 13.2 Å². The number of rotatable bonds is 7. The maximum Gasteiger partial charge on any atom is 0.283 e. The minimum absolute atomic E-state index is 0.0607. The van der Waals surface area contributed by atoms with Crippen LogP contribution in [0.1, 0.15) is 38.0 Å². The SMILES string of the molecule is COc1ccc(OCCCN=C2C(=O)N(C(C)(C)C)S(=O)(=O)C2c2ccccc2)cc1. The van der Waals surface area contributed by atoms with Gasteiger partial charge in [0.15, 0.2) is 5.25 Å². The number of carbonyl (C=O) groups is 1. The number of amides is 1. The lowest BCUT2D eigenvalue weighted by molar-refractivity contribution is -0.122. The number of ether oxygens (including phenoxy) is 2. The number of carbonyl (C=O) groups excluding carboxylic acids is 1. The lowest BCUT2D eigenvalue weighted by Gasteiger charge is -2.30. The van der Waals surface area contributed by atoms with E-state index in [1.54, 1.807) is 52.1 Å². The zero-order valence-corrected chi connectivity index (χ0v) is 19.1. The zero-order chi connectivity index (χ0) is 22.6. The third kappa shape index (κ3) is 4.90. The third-order valence-electron chi connectivity index (χ3n) is 4.83. The predicted molar refractivity (Wildman–Crippen MR) is 120 cm³/mol. The molecule has 2 aromatic carbocycles. The van der Waals surface area contributed by atoms with Crippen molar-refractivity contribution in [3.05, 3.63) is 60.2 Å². The number of benzene rings is 2. The van der Waals surface area contributed by atoms with Crippen LogP contribution in [0, 0.1) is 0 Å². The first kappa shape index (κ1) is 22.8. The van der Waals surface area contributed by atoms with Gasteiger partial charge in [0.1, 0.15) is 17.2 Å². The molecule has 1 fully saturated rings. The quantitative estimate of drug-likeness (QED) is 0.609. The topological polar surface area (TPSA) is 85.3 Å². The van der Waals surface area contributed by atoms with Crippen molar-refractivity contribution in [1.82, 2.24) is 4.31 Å². The van der Waals surface area contributed by atoms with Crippen molar-refractivity contribution < 1.29 is 22.7 Å². The summed E-state index contributed by atoms with van der Waals surface area (Å²) in [5.41, 5.74) is -0.279.